The standard InChI is InChI=1S/C19H19N3O3/c23-19(24)13-5-8-16-17(10-13)22-18(21-16)12-3-6-14(7-4-12)25-15-2-1-9-20-11-15/h3-8,10,15,20H,1-2,9,11H2,(H,21,22)(H,23,24). The molecule has 1 atom stereocenters. The number of benzene rings is 2. The highest BCUT2D eigenvalue weighted by Gasteiger charge is 2.14. The number of H-pyrrole nitrogens is 1. The van der Waals surface area contributed by atoms with Gasteiger partial charge in [-0.2, -0.15) is 0 Å². The summed E-state index contributed by atoms with van der Waals surface area (Å²) < 4.78 is 5.99. The van der Waals surface area contributed by atoms with Gasteiger partial charge in [-0.1, -0.05) is 0 Å². The van der Waals surface area contributed by atoms with Crippen molar-refractivity contribution < 1.29 is 14.6 Å². The van der Waals surface area contributed by atoms with Crippen molar-refractivity contribution in [2.75, 3.05) is 13.1 Å². The van der Waals surface area contributed by atoms with Gasteiger partial charge in [0.1, 0.15) is 17.7 Å². The van der Waals surface area contributed by atoms with Crippen LogP contribution >= 0.6 is 0 Å². The summed E-state index contributed by atoms with van der Waals surface area (Å²) in [6, 6.07) is 12.7. The van der Waals surface area contributed by atoms with Crippen LogP contribution in [0, 0.1) is 0 Å². The molecule has 128 valence electrons. The van der Waals surface area contributed by atoms with Gasteiger partial charge < -0.3 is 20.1 Å². The molecule has 25 heavy (non-hydrogen) atoms. The molecule has 1 aliphatic rings. The summed E-state index contributed by atoms with van der Waals surface area (Å²) >= 11 is 0. The van der Waals surface area contributed by atoms with Crippen LogP contribution < -0.4 is 10.1 Å². The van der Waals surface area contributed by atoms with Gasteiger partial charge in [0.2, 0.25) is 0 Å². The van der Waals surface area contributed by atoms with Crippen molar-refractivity contribution in [3.63, 3.8) is 0 Å². The Morgan fingerprint density at radius 2 is 2.04 bits per heavy atom. The lowest BCUT2D eigenvalue weighted by Gasteiger charge is -2.23. The van der Waals surface area contributed by atoms with Crippen LogP contribution in [0.15, 0.2) is 42.5 Å². The predicted molar refractivity (Wildman–Crippen MR) is 95.0 cm³/mol. The first kappa shape index (κ1) is 15.7. The summed E-state index contributed by atoms with van der Waals surface area (Å²) in [5, 5.41) is 12.4. The summed E-state index contributed by atoms with van der Waals surface area (Å²) in [4.78, 5) is 18.8. The molecule has 0 amide bonds. The summed E-state index contributed by atoms with van der Waals surface area (Å²) in [6.07, 6.45) is 2.44. The SMILES string of the molecule is O=C(O)c1ccc2[nH]c(-c3ccc(OC4CCCNC4)cc3)nc2c1. The Labute approximate surface area is 144 Å². The molecule has 1 aromatic heterocycles. The zero-order valence-corrected chi connectivity index (χ0v) is 13.7. The molecule has 1 fully saturated rings. The van der Waals surface area contributed by atoms with Crippen LogP contribution in [0.2, 0.25) is 0 Å². The third kappa shape index (κ3) is 3.34. The van der Waals surface area contributed by atoms with E-state index in [2.05, 4.69) is 15.3 Å². The number of imidazole rings is 1. The number of aromatic amines is 1. The van der Waals surface area contributed by atoms with E-state index in [9.17, 15) is 4.79 Å². The topological polar surface area (TPSA) is 87.2 Å². The molecule has 2 heterocycles. The van der Waals surface area contributed by atoms with Crippen LogP contribution in [-0.4, -0.2) is 40.2 Å². The molecule has 2 aromatic carbocycles. The number of nitrogens with one attached hydrogen (secondary N) is 2. The lowest BCUT2D eigenvalue weighted by atomic mass is 10.1. The predicted octanol–water partition coefficient (Wildman–Crippen LogP) is 3.06. The Bertz CT molecular complexity index is 896. The van der Waals surface area contributed by atoms with Crippen molar-refractivity contribution in [1.82, 2.24) is 15.3 Å². The minimum absolute atomic E-state index is 0.222. The molecular weight excluding hydrogens is 318 g/mol. The molecule has 0 saturated carbocycles. The highest BCUT2D eigenvalue weighted by Crippen LogP contribution is 2.24. The van der Waals surface area contributed by atoms with Gasteiger partial charge in [-0.3, -0.25) is 0 Å². The number of carbonyl (C=O) groups is 1. The zero-order chi connectivity index (χ0) is 17.2. The maximum absolute atomic E-state index is 11.1. The molecule has 3 aromatic rings. The number of hydrogen-bond acceptors (Lipinski definition) is 4. The van der Waals surface area contributed by atoms with Gasteiger partial charge in [-0.25, -0.2) is 9.78 Å². The number of aromatic nitrogens is 2. The lowest BCUT2D eigenvalue weighted by molar-refractivity contribution is 0.0697. The number of piperidine rings is 1. The van der Waals surface area contributed by atoms with E-state index in [0.29, 0.717) is 11.3 Å². The molecule has 0 radical (unpaired) electrons. The van der Waals surface area contributed by atoms with Crippen LogP contribution in [0.5, 0.6) is 5.75 Å². The van der Waals surface area contributed by atoms with Crippen molar-refractivity contribution in [3.8, 4) is 17.1 Å². The van der Waals surface area contributed by atoms with Crippen molar-refractivity contribution in [1.29, 1.82) is 0 Å². The smallest absolute Gasteiger partial charge is 0.335 e. The molecule has 6 nitrogen and oxygen atoms in total. The van der Waals surface area contributed by atoms with E-state index in [1.54, 1.807) is 18.2 Å². The summed E-state index contributed by atoms with van der Waals surface area (Å²) in [6.45, 7) is 1.95. The van der Waals surface area contributed by atoms with Crippen LogP contribution in [0.25, 0.3) is 22.4 Å². The van der Waals surface area contributed by atoms with Crippen molar-refractivity contribution >= 4 is 17.0 Å². The van der Waals surface area contributed by atoms with Gasteiger partial charge in [0.05, 0.1) is 16.6 Å². The highest BCUT2D eigenvalue weighted by molar-refractivity contribution is 5.93. The van der Waals surface area contributed by atoms with Crippen LogP contribution in [0.3, 0.4) is 0 Å². The summed E-state index contributed by atoms with van der Waals surface area (Å²) in [5.74, 6) is 0.607. The van der Waals surface area contributed by atoms with Gasteiger partial charge in [-0.05, 0) is 61.9 Å². The van der Waals surface area contributed by atoms with Gasteiger partial charge in [0, 0.05) is 12.1 Å². The molecule has 0 bridgehead atoms. The maximum atomic E-state index is 11.1. The molecule has 6 heteroatoms. The number of hydrogen-bond donors (Lipinski definition) is 3. The van der Waals surface area contributed by atoms with Crippen molar-refractivity contribution in [3.05, 3.63) is 48.0 Å². The van der Waals surface area contributed by atoms with Gasteiger partial charge in [0.15, 0.2) is 0 Å². The molecule has 1 aliphatic heterocycles. The molecule has 0 spiro atoms. The first-order valence-electron chi connectivity index (χ1n) is 8.40. The number of aromatic carboxylic acids is 1. The Morgan fingerprint density at radius 1 is 1.20 bits per heavy atom. The lowest BCUT2D eigenvalue weighted by Crippen LogP contribution is -2.37. The molecule has 1 saturated heterocycles. The molecule has 0 aliphatic carbocycles. The zero-order valence-electron chi connectivity index (χ0n) is 13.7. The fourth-order valence-electron chi connectivity index (χ4n) is 3.08. The molecule has 4 rings (SSSR count). The second kappa shape index (κ2) is 6.57. The minimum Gasteiger partial charge on any atom is -0.489 e. The van der Waals surface area contributed by atoms with E-state index in [-0.39, 0.29) is 11.7 Å². The fraction of sp³-hybridized carbons (Fsp3) is 0.263. The average molecular weight is 337 g/mol. The van der Waals surface area contributed by atoms with Crippen molar-refractivity contribution in [2.45, 2.75) is 18.9 Å². The second-order valence-corrected chi connectivity index (χ2v) is 6.23. The van der Waals surface area contributed by atoms with E-state index in [1.807, 2.05) is 24.3 Å². The summed E-state index contributed by atoms with van der Waals surface area (Å²) in [7, 11) is 0. The number of nitrogens with zero attached hydrogens (tertiary/aromatic N) is 1. The van der Waals surface area contributed by atoms with Crippen LogP contribution in [0.4, 0.5) is 0 Å². The monoisotopic (exact) mass is 337 g/mol. The number of ether oxygens (including phenoxy) is 1. The van der Waals surface area contributed by atoms with E-state index < -0.39 is 5.97 Å². The van der Waals surface area contributed by atoms with Crippen LogP contribution in [-0.2, 0) is 0 Å². The average Bonchev–Trinajstić information content (AvgIpc) is 3.06. The minimum atomic E-state index is -0.954. The van der Waals surface area contributed by atoms with E-state index in [0.717, 1.165) is 42.8 Å². The summed E-state index contributed by atoms with van der Waals surface area (Å²) in [5.41, 5.74) is 2.62. The third-order valence-corrected chi connectivity index (χ3v) is 4.41. The normalized spacial score (nSPS) is 17.5. The highest BCUT2D eigenvalue weighted by atomic mass is 16.5. The van der Waals surface area contributed by atoms with Gasteiger partial charge >= 0.3 is 5.97 Å². The van der Waals surface area contributed by atoms with Crippen LogP contribution in [0.1, 0.15) is 23.2 Å². The number of fused-ring (bicyclic) bond motifs is 1. The number of carboxylic acid groups (broad SMARTS) is 1. The Kier molecular flexibility index (Phi) is 4.11. The van der Waals surface area contributed by atoms with Gasteiger partial charge in [0.25, 0.3) is 0 Å². The maximum Gasteiger partial charge on any atom is 0.335 e. The quantitative estimate of drug-likeness (QED) is 0.681. The van der Waals surface area contributed by atoms with E-state index >= 15 is 0 Å². The fourth-order valence-corrected chi connectivity index (χ4v) is 3.08. The third-order valence-electron chi connectivity index (χ3n) is 4.41. The Balaban J connectivity index is 1.55. The Hall–Kier alpha value is -2.86. The molecule has 1 unspecified atom stereocenters. The largest absolute Gasteiger partial charge is 0.489 e. The molecular formula is C19H19N3O3. The first-order chi connectivity index (χ1) is 12.2. The van der Waals surface area contributed by atoms with E-state index in [1.165, 1.54) is 0 Å². The Morgan fingerprint density at radius 3 is 2.76 bits per heavy atom. The van der Waals surface area contributed by atoms with Gasteiger partial charge in [-0.15, -0.1) is 0 Å². The number of rotatable bonds is 4. The van der Waals surface area contributed by atoms with E-state index in [4.69, 9.17) is 9.84 Å². The van der Waals surface area contributed by atoms with Crippen molar-refractivity contribution in [2.24, 2.45) is 0 Å². The number of carboxylic acids is 1. The second-order valence-electron chi connectivity index (χ2n) is 6.23. The first-order valence-corrected chi connectivity index (χ1v) is 8.40. The molecule has 3 N–H and O–H groups in total.